The fraction of sp³-hybridized carbons (Fsp3) is 0.474. The highest BCUT2D eigenvalue weighted by Crippen LogP contribution is 2.28. The Kier molecular flexibility index (Phi) is 4.71. The lowest BCUT2D eigenvalue weighted by Crippen LogP contribution is -2.27. The zero-order chi connectivity index (χ0) is 16.2. The molecular weight excluding hydrogens is 300 g/mol. The van der Waals surface area contributed by atoms with E-state index in [9.17, 15) is 0 Å². The predicted octanol–water partition coefficient (Wildman–Crippen LogP) is 2.70. The van der Waals surface area contributed by atoms with Crippen molar-refractivity contribution in [2.45, 2.75) is 31.9 Å². The lowest BCUT2D eigenvalue weighted by atomic mass is 10.2. The largest absolute Gasteiger partial charge is 0.370 e. The van der Waals surface area contributed by atoms with Gasteiger partial charge in [0, 0.05) is 39.2 Å². The summed E-state index contributed by atoms with van der Waals surface area (Å²) in [4.78, 5) is 2.48. The zero-order valence-electron chi connectivity index (χ0n) is 14.0. The van der Waals surface area contributed by atoms with Crippen LogP contribution >= 0.6 is 0 Å². The molecule has 0 unspecified atom stereocenters. The van der Waals surface area contributed by atoms with E-state index in [1.807, 2.05) is 6.07 Å². The second-order valence-electron chi connectivity index (χ2n) is 6.49. The minimum atomic E-state index is 0.149. The van der Waals surface area contributed by atoms with Gasteiger partial charge in [0.15, 0.2) is 5.82 Å². The Bertz CT molecular complexity index is 689. The van der Waals surface area contributed by atoms with Crippen LogP contribution in [0.25, 0.3) is 6.08 Å². The van der Waals surface area contributed by atoms with Crippen LogP contribution in [0.4, 0.5) is 0 Å². The third kappa shape index (κ3) is 3.42. The van der Waals surface area contributed by atoms with E-state index in [0.29, 0.717) is 0 Å². The van der Waals surface area contributed by atoms with E-state index in [1.54, 1.807) is 0 Å². The molecule has 0 bridgehead atoms. The summed E-state index contributed by atoms with van der Waals surface area (Å²) in [5, 5.41) is 8.82. The summed E-state index contributed by atoms with van der Waals surface area (Å²) in [6.45, 7) is 4.84. The molecule has 0 aliphatic carbocycles. The summed E-state index contributed by atoms with van der Waals surface area (Å²) in [7, 11) is 0. The highest BCUT2D eigenvalue weighted by Gasteiger charge is 2.26. The first-order chi connectivity index (χ1) is 11.9. The van der Waals surface area contributed by atoms with Gasteiger partial charge >= 0.3 is 0 Å². The molecule has 2 aliphatic rings. The van der Waals surface area contributed by atoms with Crippen LogP contribution in [-0.4, -0.2) is 45.9 Å². The summed E-state index contributed by atoms with van der Waals surface area (Å²) in [6, 6.07) is 10.5. The van der Waals surface area contributed by atoms with Gasteiger partial charge in [0.2, 0.25) is 0 Å². The smallest absolute Gasteiger partial charge is 0.162 e. The van der Waals surface area contributed by atoms with Gasteiger partial charge in [-0.15, -0.1) is 10.2 Å². The molecule has 2 aromatic rings. The molecule has 0 spiro atoms. The van der Waals surface area contributed by atoms with E-state index in [4.69, 9.17) is 4.74 Å². The van der Waals surface area contributed by atoms with Crippen molar-refractivity contribution in [1.82, 2.24) is 19.7 Å². The standard InChI is InChI=1S/C19H24N4O/c1-2-6-16(7-3-1)8-4-11-22-12-10-18-20-21-19(23(18)14-13-22)17-9-5-15-24-17/h1-4,6-8,17H,5,9-15H2/b8-4+/t17-/m1/s1. The summed E-state index contributed by atoms with van der Waals surface area (Å²) >= 11 is 0. The first-order valence-corrected chi connectivity index (χ1v) is 8.88. The molecule has 5 heteroatoms. The molecule has 24 heavy (non-hydrogen) atoms. The molecule has 5 nitrogen and oxygen atoms in total. The first kappa shape index (κ1) is 15.5. The quantitative estimate of drug-likeness (QED) is 0.867. The highest BCUT2D eigenvalue weighted by molar-refractivity contribution is 5.48. The van der Waals surface area contributed by atoms with Gasteiger partial charge in [0.1, 0.15) is 11.9 Å². The van der Waals surface area contributed by atoms with Crippen LogP contribution in [-0.2, 0) is 17.7 Å². The van der Waals surface area contributed by atoms with E-state index in [-0.39, 0.29) is 6.10 Å². The number of ether oxygens (including phenoxy) is 1. The van der Waals surface area contributed by atoms with Gasteiger partial charge in [-0.2, -0.15) is 0 Å². The Hall–Kier alpha value is -1.98. The van der Waals surface area contributed by atoms with Crippen LogP contribution in [0.2, 0.25) is 0 Å². The van der Waals surface area contributed by atoms with E-state index in [1.165, 1.54) is 5.56 Å². The number of fused-ring (bicyclic) bond motifs is 1. The summed E-state index contributed by atoms with van der Waals surface area (Å²) in [5.74, 6) is 2.14. The molecule has 1 aromatic heterocycles. The number of aromatic nitrogens is 3. The van der Waals surface area contributed by atoms with Crippen molar-refractivity contribution < 1.29 is 4.74 Å². The Morgan fingerprint density at radius 3 is 2.88 bits per heavy atom. The Morgan fingerprint density at radius 1 is 1.12 bits per heavy atom. The van der Waals surface area contributed by atoms with Crippen molar-refractivity contribution in [1.29, 1.82) is 0 Å². The molecular formula is C19H24N4O. The molecule has 2 aliphatic heterocycles. The molecule has 0 saturated carbocycles. The van der Waals surface area contributed by atoms with Crippen LogP contribution in [0.15, 0.2) is 36.4 Å². The molecule has 0 amide bonds. The van der Waals surface area contributed by atoms with Crippen LogP contribution in [0, 0.1) is 0 Å². The number of benzene rings is 1. The van der Waals surface area contributed by atoms with E-state index < -0.39 is 0 Å². The third-order valence-electron chi connectivity index (χ3n) is 4.84. The van der Waals surface area contributed by atoms with Crippen molar-refractivity contribution in [2.75, 3.05) is 26.2 Å². The molecule has 1 fully saturated rings. The Balaban J connectivity index is 1.37. The van der Waals surface area contributed by atoms with Gasteiger partial charge in [-0.25, -0.2) is 0 Å². The molecule has 0 N–H and O–H groups in total. The van der Waals surface area contributed by atoms with E-state index >= 15 is 0 Å². The van der Waals surface area contributed by atoms with Gasteiger partial charge in [0.25, 0.3) is 0 Å². The number of hydrogen-bond acceptors (Lipinski definition) is 4. The molecule has 1 aromatic carbocycles. The normalized spacial score (nSPS) is 21.9. The van der Waals surface area contributed by atoms with Crippen molar-refractivity contribution in [3.63, 3.8) is 0 Å². The Labute approximate surface area is 143 Å². The SMILES string of the molecule is C(=C\c1ccccc1)/CN1CCc2nnc([C@H]3CCCO3)n2CC1. The van der Waals surface area contributed by atoms with Gasteiger partial charge in [-0.05, 0) is 18.4 Å². The number of rotatable bonds is 4. The highest BCUT2D eigenvalue weighted by atomic mass is 16.5. The predicted molar refractivity (Wildman–Crippen MR) is 93.6 cm³/mol. The summed E-state index contributed by atoms with van der Waals surface area (Å²) in [6.07, 6.45) is 7.76. The van der Waals surface area contributed by atoms with Gasteiger partial charge in [0.05, 0.1) is 0 Å². The topological polar surface area (TPSA) is 43.2 Å². The second-order valence-corrected chi connectivity index (χ2v) is 6.49. The van der Waals surface area contributed by atoms with Gasteiger partial charge in [-0.3, -0.25) is 4.90 Å². The molecule has 3 heterocycles. The maximum Gasteiger partial charge on any atom is 0.162 e. The minimum absolute atomic E-state index is 0.149. The molecule has 1 saturated heterocycles. The summed E-state index contributed by atoms with van der Waals surface area (Å²) in [5.41, 5.74) is 1.25. The minimum Gasteiger partial charge on any atom is -0.370 e. The Morgan fingerprint density at radius 2 is 2.04 bits per heavy atom. The van der Waals surface area contributed by atoms with E-state index in [2.05, 4.69) is 56.1 Å². The molecule has 126 valence electrons. The third-order valence-corrected chi connectivity index (χ3v) is 4.84. The van der Waals surface area contributed by atoms with Crippen LogP contribution in [0.1, 0.15) is 36.2 Å². The molecule has 4 rings (SSSR count). The van der Waals surface area contributed by atoms with Crippen molar-refractivity contribution in [2.24, 2.45) is 0 Å². The van der Waals surface area contributed by atoms with Crippen molar-refractivity contribution in [3.05, 3.63) is 53.6 Å². The zero-order valence-corrected chi connectivity index (χ0v) is 14.0. The molecule has 1 atom stereocenters. The van der Waals surface area contributed by atoms with Crippen LogP contribution in [0.5, 0.6) is 0 Å². The lowest BCUT2D eigenvalue weighted by Gasteiger charge is -2.17. The average Bonchev–Trinajstić information content (AvgIpc) is 3.23. The maximum atomic E-state index is 5.80. The van der Waals surface area contributed by atoms with E-state index in [0.717, 1.165) is 63.7 Å². The molecule has 0 radical (unpaired) electrons. The monoisotopic (exact) mass is 324 g/mol. The second kappa shape index (κ2) is 7.28. The van der Waals surface area contributed by atoms with Crippen molar-refractivity contribution in [3.8, 4) is 0 Å². The number of hydrogen-bond donors (Lipinski definition) is 0. The summed E-state index contributed by atoms with van der Waals surface area (Å²) < 4.78 is 8.09. The van der Waals surface area contributed by atoms with Gasteiger partial charge < -0.3 is 9.30 Å². The van der Waals surface area contributed by atoms with Crippen molar-refractivity contribution >= 4 is 6.08 Å². The average molecular weight is 324 g/mol. The first-order valence-electron chi connectivity index (χ1n) is 8.88. The van der Waals surface area contributed by atoms with Crippen LogP contribution in [0.3, 0.4) is 0 Å². The fourth-order valence-corrected chi connectivity index (χ4v) is 3.49. The number of nitrogens with zero attached hydrogens (tertiary/aromatic N) is 4. The van der Waals surface area contributed by atoms with Gasteiger partial charge in [-0.1, -0.05) is 42.5 Å². The van der Waals surface area contributed by atoms with Crippen LogP contribution < -0.4 is 0 Å². The lowest BCUT2D eigenvalue weighted by molar-refractivity contribution is 0.101. The fourth-order valence-electron chi connectivity index (χ4n) is 3.49. The maximum absolute atomic E-state index is 5.80.